The van der Waals surface area contributed by atoms with E-state index < -0.39 is 17.1 Å². The van der Waals surface area contributed by atoms with Crippen molar-refractivity contribution in [2.45, 2.75) is 76.4 Å². The largest absolute Gasteiger partial charge is 0.395 e. The van der Waals surface area contributed by atoms with Gasteiger partial charge in [0.1, 0.15) is 0 Å². The lowest BCUT2D eigenvalue weighted by Crippen LogP contribution is -2.52. The SMILES string of the molecule is CC1=CCC[C@@]2(C)[C@@H](CC[C@@]2(O)CN(C)CCO)c2ccc(cc2C(=O)c2ccccc2-c2ccccc2)C[C@@H](O)CC1. The first-order chi connectivity index (χ1) is 20.6. The molecule has 5 nitrogen and oxygen atoms in total. The number of aliphatic hydroxyl groups is 3. The number of rotatable bonds is 7. The van der Waals surface area contributed by atoms with Gasteiger partial charge in [0.25, 0.3) is 0 Å². The highest BCUT2D eigenvalue weighted by Crippen LogP contribution is 2.58. The van der Waals surface area contributed by atoms with Crippen LogP contribution in [0.2, 0.25) is 0 Å². The van der Waals surface area contributed by atoms with Crippen molar-refractivity contribution < 1.29 is 20.1 Å². The molecule has 6 rings (SSSR count). The second-order valence-corrected chi connectivity index (χ2v) is 13.1. The molecule has 1 saturated carbocycles. The molecule has 0 aromatic heterocycles. The molecule has 0 amide bonds. The quantitative estimate of drug-likeness (QED) is 0.218. The Hall–Kier alpha value is -3.09. The van der Waals surface area contributed by atoms with Crippen molar-refractivity contribution in [2.75, 3.05) is 26.7 Å². The highest BCUT2D eigenvalue weighted by atomic mass is 16.3. The van der Waals surface area contributed by atoms with E-state index in [1.165, 1.54) is 5.57 Å². The maximum absolute atomic E-state index is 14.7. The van der Waals surface area contributed by atoms with Crippen molar-refractivity contribution in [3.05, 3.63) is 107 Å². The predicted octanol–water partition coefficient (Wildman–Crippen LogP) is 6.55. The van der Waals surface area contributed by atoms with E-state index in [1.54, 1.807) is 0 Å². The Balaban J connectivity index is 1.65. The number of carbonyl (C=O) groups is 1. The Bertz CT molecular complexity index is 1450. The molecule has 2 bridgehead atoms. The predicted molar refractivity (Wildman–Crippen MR) is 173 cm³/mol. The van der Waals surface area contributed by atoms with Crippen LogP contribution in [0.25, 0.3) is 11.1 Å². The average molecular weight is 582 g/mol. The van der Waals surface area contributed by atoms with Gasteiger partial charge < -0.3 is 20.2 Å². The first kappa shape index (κ1) is 31.3. The zero-order valence-electron chi connectivity index (χ0n) is 25.9. The van der Waals surface area contributed by atoms with Gasteiger partial charge >= 0.3 is 0 Å². The topological polar surface area (TPSA) is 81.0 Å². The van der Waals surface area contributed by atoms with Gasteiger partial charge in [-0.1, -0.05) is 85.3 Å². The zero-order chi connectivity index (χ0) is 30.6. The highest BCUT2D eigenvalue weighted by molar-refractivity contribution is 6.13. The summed E-state index contributed by atoms with van der Waals surface area (Å²) in [7, 11) is 1.95. The minimum Gasteiger partial charge on any atom is -0.395 e. The van der Waals surface area contributed by atoms with Crippen molar-refractivity contribution in [1.29, 1.82) is 0 Å². The van der Waals surface area contributed by atoms with E-state index in [2.05, 4.69) is 32.1 Å². The summed E-state index contributed by atoms with van der Waals surface area (Å²) in [6.45, 7) is 5.34. The molecule has 3 aliphatic rings. The van der Waals surface area contributed by atoms with Crippen molar-refractivity contribution in [1.82, 2.24) is 4.90 Å². The van der Waals surface area contributed by atoms with Crippen LogP contribution in [0.3, 0.4) is 0 Å². The molecule has 5 heteroatoms. The number of fused-ring (bicyclic) bond motifs is 8. The van der Waals surface area contributed by atoms with Gasteiger partial charge in [0.2, 0.25) is 0 Å². The molecule has 228 valence electrons. The normalized spacial score (nSPS) is 26.2. The summed E-state index contributed by atoms with van der Waals surface area (Å²) in [4.78, 5) is 16.7. The number of ketones is 1. The number of aliphatic hydroxyl groups excluding tert-OH is 2. The van der Waals surface area contributed by atoms with E-state index in [4.69, 9.17) is 0 Å². The molecule has 0 radical (unpaired) electrons. The molecule has 0 heterocycles. The number of likely N-dealkylation sites (N-methyl/N-ethyl adjacent to an activating group) is 1. The Kier molecular flexibility index (Phi) is 9.67. The van der Waals surface area contributed by atoms with Crippen LogP contribution >= 0.6 is 0 Å². The van der Waals surface area contributed by atoms with Gasteiger partial charge in [0, 0.05) is 29.6 Å². The van der Waals surface area contributed by atoms with Gasteiger partial charge in [0.05, 0.1) is 18.3 Å². The molecule has 3 aromatic carbocycles. The molecule has 3 aliphatic carbocycles. The van der Waals surface area contributed by atoms with Gasteiger partial charge in [-0.25, -0.2) is 0 Å². The summed E-state index contributed by atoms with van der Waals surface area (Å²) in [5.41, 5.74) is 4.94. The van der Waals surface area contributed by atoms with E-state index in [0.29, 0.717) is 43.5 Å². The molecular weight excluding hydrogens is 534 g/mol. The number of hydrogen-bond acceptors (Lipinski definition) is 5. The third-order valence-electron chi connectivity index (χ3n) is 10.2. The van der Waals surface area contributed by atoms with Crippen molar-refractivity contribution in [2.24, 2.45) is 5.41 Å². The van der Waals surface area contributed by atoms with E-state index in [9.17, 15) is 20.1 Å². The fourth-order valence-corrected chi connectivity index (χ4v) is 7.59. The third kappa shape index (κ3) is 6.56. The summed E-state index contributed by atoms with van der Waals surface area (Å²) in [6, 6.07) is 24.0. The fourth-order valence-electron chi connectivity index (χ4n) is 7.59. The lowest BCUT2D eigenvalue weighted by atomic mass is 9.64. The van der Waals surface area contributed by atoms with Crippen LogP contribution < -0.4 is 0 Å². The molecule has 43 heavy (non-hydrogen) atoms. The molecule has 0 aliphatic heterocycles. The molecule has 1 fully saturated rings. The molecule has 0 spiro atoms. The second kappa shape index (κ2) is 13.3. The van der Waals surface area contributed by atoms with E-state index in [0.717, 1.165) is 47.9 Å². The number of hydrogen-bond donors (Lipinski definition) is 3. The Morgan fingerprint density at radius 3 is 2.49 bits per heavy atom. The van der Waals surface area contributed by atoms with Crippen LogP contribution in [0.15, 0.2) is 84.4 Å². The minimum atomic E-state index is -0.975. The monoisotopic (exact) mass is 581 g/mol. The lowest BCUT2D eigenvalue weighted by molar-refractivity contribution is -0.0810. The van der Waals surface area contributed by atoms with Crippen LogP contribution in [0.4, 0.5) is 0 Å². The summed E-state index contributed by atoms with van der Waals surface area (Å²) >= 11 is 0. The third-order valence-corrected chi connectivity index (χ3v) is 10.2. The molecule has 4 atom stereocenters. The molecule has 0 saturated heterocycles. The minimum absolute atomic E-state index is 0.0242. The van der Waals surface area contributed by atoms with E-state index in [1.807, 2.05) is 72.6 Å². The van der Waals surface area contributed by atoms with E-state index in [-0.39, 0.29) is 18.3 Å². The zero-order valence-corrected chi connectivity index (χ0v) is 25.9. The number of carbonyl (C=O) groups excluding carboxylic acids is 1. The van der Waals surface area contributed by atoms with Gasteiger partial charge in [0.15, 0.2) is 5.78 Å². The van der Waals surface area contributed by atoms with E-state index >= 15 is 0 Å². The summed E-state index contributed by atoms with van der Waals surface area (Å²) < 4.78 is 0. The molecular formula is C38H47NO4. The van der Waals surface area contributed by atoms with Crippen molar-refractivity contribution in [3.8, 4) is 11.1 Å². The Morgan fingerprint density at radius 2 is 1.72 bits per heavy atom. The molecule has 3 aromatic rings. The fraction of sp³-hybridized carbons (Fsp3) is 0.447. The molecule has 3 N–H and O–H groups in total. The van der Waals surface area contributed by atoms with Crippen LogP contribution in [-0.2, 0) is 6.42 Å². The van der Waals surface area contributed by atoms with Crippen LogP contribution in [0, 0.1) is 5.41 Å². The van der Waals surface area contributed by atoms with Crippen molar-refractivity contribution in [3.63, 3.8) is 0 Å². The van der Waals surface area contributed by atoms with Gasteiger partial charge in [-0.15, -0.1) is 0 Å². The first-order valence-electron chi connectivity index (χ1n) is 15.8. The van der Waals surface area contributed by atoms with Crippen molar-refractivity contribution >= 4 is 5.78 Å². The maximum Gasteiger partial charge on any atom is 0.193 e. The smallest absolute Gasteiger partial charge is 0.193 e. The average Bonchev–Trinajstić information content (AvgIpc) is 3.25. The summed E-state index contributed by atoms with van der Waals surface area (Å²) in [5.74, 6) is -0.0534. The summed E-state index contributed by atoms with van der Waals surface area (Å²) in [6.07, 6.45) is 6.75. The molecule has 0 unspecified atom stereocenters. The van der Waals surface area contributed by atoms with Gasteiger partial charge in [-0.3, -0.25) is 4.79 Å². The standard InChI is InChI=1S/C38H47NO4/c1-27-10-9-20-37(2)35(19-21-38(37,43)26-39(3)22-23-40)32-18-16-28(24-30(41)17-15-27)25-34(32)36(42)33-14-8-7-13-31(33)29-11-5-4-6-12-29/h4-8,10-14,16,18,25,30,35,40-41,43H,9,15,17,19-24,26H2,1-3H3/t30-,35-,37-,38+/m0/s1. The number of nitrogens with zero attached hydrogens (tertiary/aromatic N) is 1. The summed E-state index contributed by atoms with van der Waals surface area (Å²) in [5, 5.41) is 32.9. The lowest BCUT2D eigenvalue weighted by Gasteiger charge is -2.45. The van der Waals surface area contributed by atoms with Crippen LogP contribution in [0.1, 0.15) is 85.3 Å². The first-order valence-corrected chi connectivity index (χ1v) is 15.8. The maximum atomic E-state index is 14.7. The van der Waals surface area contributed by atoms with Crippen LogP contribution in [0.5, 0.6) is 0 Å². The van der Waals surface area contributed by atoms with Crippen LogP contribution in [-0.4, -0.2) is 64.5 Å². The Labute approximate surface area is 256 Å². The van der Waals surface area contributed by atoms with Gasteiger partial charge in [-0.05, 0) is 93.2 Å². The number of allylic oxidation sites excluding steroid dienone is 2. The Morgan fingerprint density at radius 1 is 0.977 bits per heavy atom. The second-order valence-electron chi connectivity index (χ2n) is 13.1. The highest BCUT2D eigenvalue weighted by Gasteiger charge is 2.57. The van der Waals surface area contributed by atoms with Gasteiger partial charge in [-0.2, -0.15) is 0 Å². The number of benzene rings is 3.